The van der Waals surface area contributed by atoms with E-state index in [4.69, 9.17) is 44.3 Å². The molecule has 0 aromatic heterocycles. The fourth-order valence-electron chi connectivity index (χ4n) is 2.99. The zero-order chi connectivity index (χ0) is 24.7. The van der Waals surface area contributed by atoms with Gasteiger partial charge in [0.15, 0.2) is 18.1 Å². The summed E-state index contributed by atoms with van der Waals surface area (Å²) in [7, 11) is 0. The standard InChI is InChI=1S/C25H18Cl3IN2O3/c1-2-33-23-11-15(9-16(13-30)20-8-5-18(27)12-21(20)28)10-22(29)25(23)34-14-24(32)31-19-6-3-17(26)4-7-19/h3-12H,2,14H2,1H3,(H,31,32)/b16-9+. The molecule has 0 radical (unpaired) electrons. The zero-order valence-electron chi connectivity index (χ0n) is 17.9. The summed E-state index contributed by atoms with van der Waals surface area (Å²) in [5.74, 6) is 0.571. The van der Waals surface area contributed by atoms with Crippen molar-refractivity contribution in [3.8, 4) is 17.6 Å². The van der Waals surface area contributed by atoms with Gasteiger partial charge in [0.05, 0.1) is 26.8 Å². The van der Waals surface area contributed by atoms with Crippen molar-refractivity contribution in [2.75, 3.05) is 18.5 Å². The van der Waals surface area contributed by atoms with Gasteiger partial charge in [0, 0.05) is 21.3 Å². The number of ether oxygens (including phenoxy) is 2. The Balaban J connectivity index is 1.83. The number of nitrogens with zero attached hydrogens (tertiary/aromatic N) is 1. The molecule has 0 saturated carbocycles. The Kier molecular flexibility index (Phi) is 9.48. The summed E-state index contributed by atoms with van der Waals surface area (Å²) >= 11 is 20.2. The number of halogens is 4. The molecule has 9 heteroatoms. The topological polar surface area (TPSA) is 71.3 Å². The minimum absolute atomic E-state index is 0.211. The minimum atomic E-state index is -0.325. The second kappa shape index (κ2) is 12.3. The second-order valence-corrected chi connectivity index (χ2v) is 9.34. The highest BCUT2D eigenvalue weighted by molar-refractivity contribution is 14.1. The predicted octanol–water partition coefficient (Wildman–Crippen LogP) is 7.73. The fourth-order valence-corrected chi connectivity index (χ4v) is 4.40. The highest BCUT2D eigenvalue weighted by Gasteiger charge is 2.15. The van der Waals surface area contributed by atoms with Crippen LogP contribution in [0.15, 0.2) is 54.6 Å². The van der Waals surface area contributed by atoms with Gasteiger partial charge in [-0.1, -0.05) is 40.9 Å². The lowest BCUT2D eigenvalue weighted by Gasteiger charge is -2.15. The molecule has 3 aromatic carbocycles. The average molecular weight is 628 g/mol. The number of allylic oxidation sites excluding steroid dienone is 1. The van der Waals surface area contributed by atoms with Gasteiger partial charge < -0.3 is 14.8 Å². The van der Waals surface area contributed by atoms with Gasteiger partial charge in [-0.2, -0.15) is 5.26 Å². The van der Waals surface area contributed by atoms with Crippen LogP contribution in [0, 0.1) is 14.9 Å². The van der Waals surface area contributed by atoms with Crippen LogP contribution in [0.1, 0.15) is 18.1 Å². The molecule has 0 aliphatic heterocycles. The van der Waals surface area contributed by atoms with Gasteiger partial charge in [0.25, 0.3) is 5.91 Å². The Morgan fingerprint density at radius 3 is 2.41 bits per heavy atom. The lowest BCUT2D eigenvalue weighted by atomic mass is 10.0. The summed E-state index contributed by atoms with van der Waals surface area (Å²) in [6.45, 7) is 2.03. The summed E-state index contributed by atoms with van der Waals surface area (Å²) in [5.41, 5.74) is 2.27. The van der Waals surface area contributed by atoms with Crippen LogP contribution in [0.5, 0.6) is 11.5 Å². The van der Waals surface area contributed by atoms with Gasteiger partial charge in [-0.25, -0.2) is 0 Å². The second-order valence-electron chi connectivity index (χ2n) is 6.90. The Bertz CT molecular complexity index is 1270. The number of nitriles is 1. The third-order valence-electron chi connectivity index (χ3n) is 4.46. The third kappa shape index (κ3) is 7.03. The number of benzene rings is 3. The first-order valence-corrected chi connectivity index (χ1v) is 12.2. The SMILES string of the molecule is CCOc1cc(/C=C(\C#N)c2ccc(Cl)cc2Cl)cc(I)c1OCC(=O)Nc1ccc(Cl)cc1. The summed E-state index contributed by atoms with van der Waals surface area (Å²) in [5, 5.41) is 13.9. The number of nitrogens with one attached hydrogen (secondary N) is 1. The van der Waals surface area contributed by atoms with Crippen molar-refractivity contribution in [3.05, 3.63) is 84.4 Å². The summed E-state index contributed by atoms with van der Waals surface area (Å²) in [6.07, 6.45) is 1.71. The Labute approximate surface area is 226 Å². The number of rotatable bonds is 8. The molecule has 5 nitrogen and oxygen atoms in total. The summed E-state index contributed by atoms with van der Waals surface area (Å²) < 4.78 is 12.3. The smallest absolute Gasteiger partial charge is 0.262 e. The van der Waals surface area contributed by atoms with Crippen LogP contribution in [-0.4, -0.2) is 19.1 Å². The Morgan fingerprint density at radius 1 is 1.06 bits per heavy atom. The van der Waals surface area contributed by atoms with Gasteiger partial charge in [-0.05, 0) is 89.7 Å². The van der Waals surface area contributed by atoms with Crippen LogP contribution < -0.4 is 14.8 Å². The molecule has 0 saturated heterocycles. The maximum Gasteiger partial charge on any atom is 0.262 e. The molecule has 0 fully saturated rings. The van der Waals surface area contributed by atoms with E-state index in [2.05, 4.69) is 34.0 Å². The third-order valence-corrected chi connectivity index (χ3v) is 6.06. The van der Waals surface area contributed by atoms with Crippen molar-refractivity contribution in [1.82, 2.24) is 0 Å². The van der Waals surface area contributed by atoms with E-state index in [1.54, 1.807) is 54.6 Å². The first-order chi connectivity index (χ1) is 16.3. The van der Waals surface area contributed by atoms with Crippen molar-refractivity contribution >= 4 is 80.6 Å². The highest BCUT2D eigenvalue weighted by Crippen LogP contribution is 2.36. The van der Waals surface area contributed by atoms with Gasteiger partial charge in [-0.15, -0.1) is 0 Å². The minimum Gasteiger partial charge on any atom is -0.490 e. The normalized spacial score (nSPS) is 11.0. The molecule has 34 heavy (non-hydrogen) atoms. The molecule has 0 aliphatic carbocycles. The maximum absolute atomic E-state index is 12.3. The van der Waals surface area contributed by atoms with Crippen LogP contribution >= 0.6 is 57.4 Å². The molecule has 0 bridgehead atoms. The molecule has 0 heterocycles. The van der Waals surface area contributed by atoms with E-state index in [-0.39, 0.29) is 12.5 Å². The van der Waals surface area contributed by atoms with Crippen molar-refractivity contribution in [2.45, 2.75) is 6.92 Å². The number of hydrogen-bond acceptors (Lipinski definition) is 4. The molecule has 0 atom stereocenters. The van der Waals surface area contributed by atoms with Crippen LogP contribution in [0.2, 0.25) is 15.1 Å². The van der Waals surface area contributed by atoms with Gasteiger partial charge in [0.1, 0.15) is 0 Å². The van der Waals surface area contributed by atoms with E-state index in [0.717, 1.165) is 0 Å². The van der Waals surface area contributed by atoms with Gasteiger partial charge >= 0.3 is 0 Å². The monoisotopic (exact) mass is 626 g/mol. The number of amides is 1. The molecule has 1 N–H and O–H groups in total. The molecule has 3 rings (SSSR count). The van der Waals surface area contributed by atoms with Crippen LogP contribution in [-0.2, 0) is 4.79 Å². The van der Waals surface area contributed by atoms with Crippen molar-refractivity contribution in [3.63, 3.8) is 0 Å². The fraction of sp³-hybridized carbons (Fsp3) is 0.120. The van der Waals surface area contributed by atoms with Crippen LogP contribution in [0.25, 0.3) is 11.6 Å². The summed E-state index contributed by atoms with van der Waals surface area (Å²) in [4.78, 5) is 12.3. The van der Waals surface area contributed by atoms with Crippen molar-refractivity contribution in [2.24, 2.45) is 0 Å². The molecule has 0 unspecified atom stereocenters. The number of carbonyl (C=O) groups is 1. The van der Waals surface area contributed by atoms with E-state index in [1.165, 1.54) is 0 Å². The van der Waals surface area contributed by atoms with Crippen LogP contribution in [0.4, 0.5) is 5.69 Å². The number of anilines is 1. The Morgan fingerprint density at radius 2 is 1.76 bits per heavy atom. The number of hydrogen-bond donors (Lipinski definition) is 1. The predicted molar refractivity (Wildman–Crippen MR) is 146 cm³/mol. The van der Waals surface area contributed by atoms with E-state index in [1.807, 2.05) is 13.0 Å². The first kappa shape index (κ1) is 26.2. The van der Waals surface area contributed by atoms with Gasteiger partial charge in [0.2, 0.25) is 0 Å². The quantitative estimate of drug-likeness (QED) is 0.158. The first-order valence-electron chi connectivity index (χ1n) is 10.0. The number of carbonyl (C=O) groups excluding carboxylic acids is 1. The van der Waals surface area contributed by atoms with Gasteiger partial charge in [-0.3, -0.25) is 4.79 Å². The maximum atomic E-state index is 12.3. The van der Waals surface area contributed by atoms with E-state index < -0.39 is 0 Å². The Hall–Kier alpha value is -2.44. The molecular formula is C25H18Cl3IN2O3. The molecule has 0 aliphatic rings. The molecule has 174 valence electrons. The van der Waals surface area contributed by atoms with E-state index in [9.17, 15) is 10.1 Å². The van der Waals surface area contributed by atoms with Crippen molar-refractivity contribution < 1.29 is 14.3 Å². The lowest BCUT2D eigenvalue weighted by Crippen LogP contribution is -2.20. The van der Waals surface area contributed by atoms with E-state index >= 15 is 0 Å². The molecular weight excluding hydrogens is 610 g/mol. The van der Waals surface area contributed by atoms with E-state index in [0.29, 0.717) is 59.1 Å². The average Bonchev–Trinajstić information content (AvgIpc) is 2.79. The molecule has 0 spiro atoms. The molecule has 1 amide bonds. The highest BCUT2D eigenvalue weighted by atomic mass is 127. The summed E-state index contributed by atoms with van der Waals surface area (Å²) in [6, 6.07) is 17.5. The van der Waals surface area contributed by atoms with Crippen molar-refractivity contribution in [1.29, 1.82) is 5.26 Å². The van der Waals surface area contributed by atoms with Crippen LogP contribution in [0.3, 0.4) is 0 Å². The molecule has 3 aromatic rings. The zero-order valence-corrected chi connectivity index (χ0v) is 22.3. The lowest BCUT2D eigenvalue weighted by molar-refractivity contribution is -0.118. The largest absolute Gasteiger partial charge is 0.490 e.